The van der Waals surface area contributed by atoms with Crippen molar-refractivity contribution < 1.29 is 14.3 Å². The first kappa shape index (κ1) is 20.0. The molecule has 1 aliphatic rings. The molecule has 0 aliphatic carbocycles. The van der Waals surface area contributed by atoms with Crippen LogP contribution in [0, 0.1) is 0 Å². The number of halogens is 1. The molecule has 3 rings (SSSR count). The molecule has 0 bridgehead atoms. The number of carbonyl (C=O) groups excluding carboxylic acids is 1. The van der Waals surface area contributed by atoms with Crippen LogP contribution in [0.5, 0.6) is 5.75 Å². The Kier molecular flexibility index (Phi) is 6.98. The number of methoxy groups -OCH3 is 1. The van der Waals surface area contributed by atoms with Crippen LogP contribution >= 0.6 is 23.4 Å². The third-order valence-electron chi connectivity index (χ3n) is 4.29. The van der Waals surface area contributed by atoms with Gasteiger partial charge in [-0.25, -0.2) is 0 Å². The number of amides is 1. The fourth-order valence-corrected chi connectivity index (χ4v) is 3.90. The lowest BCUT2D eigenvalue weighted by Gasteiger charge is -2.14. The molecule has 2 aromatic rings. The van der Waals surface area contributed by atoms with E-state index in [4.69, 9.17) is 21.1 Å². The van der Waals surface area contributed by atoms with E-state index >= 15 is 0 Å². The first-order chi connectivity index (χ1) is 13.1. The minimum Gasteiger partial charge on any atom is -0.495 e. The molecule has 1 atom stereocenters. The molecule has 1 N–H and O–H groups in total. The van der Waals surface area contributed by atoms with E-state index in [1.807, 2.05) is 6.92 Å². The summed E-state index contributed by atoms with van der Waals surface area (Å²) >= 11 is 7.36. The van der Waals surface area contributed by atoms with Crippen molar-refractivity contribution in [3.63, 3.8) is 0 Å². The fourth-order valence-electron chi connectivity index (χ4n) is 2.96. The monoisotopic (exact) mass is 410 g/mol. The topological polar surface area (TPSA) is 78.3 Å². The van der Waals surface area contributed by atoms with Crippen LogP contribution in [0.3, 0.4) is 0 Å². The molecule has 146 valence electrons. The third kappa shape index (κ3) is 5.15. The molecule has 9 heteroatoms. The summed E-state index contributed by atoms with van der Waals surface area (Å²) in [7, 11) is 1.55. The number of benzene rings is 1. The molecule has 0 spiro atoms. The van der Waals surface area contributed by atoms with Crippen LogP contribution in [0.1, 0.15) is 25.6 Å². The Labute approximate surface area is 167 Å². The van der Waals surface area contributed by atoms with Crippen molar-refractivity contribution in [2.45, 2.75) is 44.0 Å². The highest BCUT2D eigenvalue weighted by Gasteiger charge is 2.21. The minimum atomic E-state index is -0.162. The number of nitrogens with zero attached hydrogens (tertiary/aromatic N) is 3. The van der Waals surface area contributed by atoms with Gasteiger partial charge >= 0.3 is 0 Å². The van der Waals surface area contributed by atoms with Crippen molar-refractivity contribution >= 4 is 35.0 Å². The Morgan fingerprint density at radius 3 is 3.04 bits per heavy atom. The molecule has 1 fully saturated rings. The van der Waals surface area contributed by atoms with Gasteiger partial charge in [0.1, 0.15) is 11.6 Å². The van der Waals surface area contributed by atoms with Crippen LogP contribution in [0.2, 0.25) is 5.02 Å². The van der Waals surface area contributed by atoms with Crippen molar-refractivity contribution in [1.29, 1.82) is 0 Å². The Bertz CT molecular complexity index is 793. The van der Waals surface area contributed by atoms with E-state index in [1.165, 1.54) is 11.8 Å². The Morgan fingerprint density at radius 1 is 1.48 bits per heavy atom. The predicted octanol–water partition coefficient (Wildman–Crippen LogP) is 3.41. The number of rotatable bonds is 8. The lowest BCUT2D eigenvalue weighted by atomic mass is 10.2. The number of thioether (sulfide) groups is 1. The van der Waals surface area contributed by atoms with Crippen molar-refractivity contribution in [2.24, 2.45) is 0 Å². The lowest BCUT2D eigenvalue weighted by Crippen LogP contribution is -2.19. The van der Waals surface area contributed by atoms with E-state index in [2.05, 4.69) is 20.1 Å². The third-order valence-corrected chi connectivity index (χ3v) is 5.49. The van der Waals surface area contributed by atoms with Crippen LogP contribution in [-0.4, -0.2) is 46.2 Å². The number of carbonyl (C=O) groups is 1. The molecule has 1 aromatic heterocycles. The molecule has 0 radical (unpaired) electrons. The molecule has 0 saturated carbocycles. The number of nitrogens with one attached hydrogen (secondary N) is 1. The molecule has 1 amide bonds. The summed E-state index contributed by atoms with van der Waals surface area (Å²) in [6.45, 7) is 3.57. The maximum atomic E-state index is 12.4. The van der Waals surface area contributed by atoms with Crippen LogP contribution < -0.4 is 10.1 Å². The zero-order chi connectivity index (χ0) is 19.2. The summed E-state index contributed by atoms with van der Waals surface area (Å²) in [5.41, 5.74) is 0.547. The highest BCUT2D eigenvalue weighted by Crippen LogP contribution is 2.28. The van der Waals surface area contributed by atoms with Crippen LogP contribution in [-0.2, 0) is 22.5 Å². The second kappa shape index (κ2) is 9.43. The largest absolute Gasteiger partial charge is 0.495 e. The van der Waals surface area contributed by atoms with Gasteiger partial charge in [0.05, 0.1) is 31.2 Å². The maximum absolute atomic E-state index is 12.4. The first-order valence-corrected chi connectivity index (χ1v) is 10.3. The SMILES string of the molecule is CCc1nnc(SCC(=O)Nc2cc(Cl)ccc2OC)n1CC1CCCO1. The van der Waals surface area contributed by atoms with Crippen LogP contribution in [0.15, 0.2) is 23.4 Å². The van der Waals surface area contributed by atoms with Crippen LogP contribution in [0.4, 0.5) is 5.69 Å². The normalized spacial score (nSPS) is 16.5. The van der Waals surface area contributed by atoms with Crippen molar-refractivity contribution in [3.8, 4) is 5.75 Å². The number of hydrogen-bond donors (Lipinski definition) is 1. The Balaban J connectivity index is 1.63. The second-order valence-electron chi connectivity index (χ2n) is 6.18. The zero-order valence-electron chi connectivity index (χ0n) is 15.4. The average molecular weight is 411 g/mol. The van der Waals surface area contributed by atoms with Gasteiger partial charge in [-0.3, -0.25) is 4.79 Å². The number of hydrogen-bond acceptors (Lipinski definition) is 6. The van der Waals surface area contributed by atoms with Gasteiger partial charge < -0.3 is 19.4 Å². The molecule has 7 nitrogen and oxygen atoms in total. The standard InChI is InChI=1S/C18H23ClN4O3S/c1-3-16-21-22-18(23(16)10-13-5-4-8-26-13)27-11-17(24)20-14-9-12(19)6-7-15(14)25-2/h6-7,9,13H,3-5,8,10-11H2,1-2H3,(H,20,24). The molecule has 1 aliphatic heterocycles. The van der Waals surface area contributed by atoms with Gasteiger partial charge in [0.25, 0.3) is 0 Å². The van der Waals surface area contributed by atoms with Crippen molar-refractivity contribution in [1.82, 2.24) is 14.8 Å². The van der Waals surface area contributed by atoms with Gasteiger partial charge in [-0.15, -0.1) is 10.2 Å². The first-order valence-electron chi connectivity index (χ1n) is 8.90. The van der Waals surface area contributed by atoms with Gasteiger partial charge in [0.15, 0.2) is 5.16 Å². The number of aryl methyl sites for hydroxylation is 1. The second-order valence-corrected chi connectivity index (χ2v) is 7.56. The Morgan fingerprint density at radius 2 is 2.33 bits per heavy atom. The zero-order valence-corrected chi connectivity index (χ0v) is 17.0. The highest BCUT2D eigenvalue weighted by molar-refractivity contribution is 7.99. The molecule has 27 heavy (non-hydrogen) atoms. The summed E-state index contributed by atoms with van der Waals surface area (Å²) in [6.07, 6.45) is 3.10. The predicted molar refractivity (Wildman–Crippen MR) is 106 cm³/mol. The van der Waals surface area contributed by atoms with E-state index in [0.717, 1.165) is 43.4 Å². The van der Waals surface area contributed by atoms with E-state index in [0.29, 0.717) is 16.5 Å². The summed E-state index contributed by atoms with van der Waals surface area (Å²) in [6, 6.07) is 5.10. The van der Waals surface area contributed by atoms with Gasteiger partial charge in [0.2, 0.25) is 5.91 Å². The Hall–Kier alpha value is -1.77. The quantitative estimate of drug-likeness (QED) is 0.672. The van der Waals surface area contributed by atoms with Crippen LogP contribution in [0.25, 0.3) is 0 Å². The number of aromatic nitrogens is 3. The van der Waals surface area contributed by atoms with Gasteiger partial charge in [0, 0.05) is 18.1 Å². The lowest BCUT2D eigenvalue weighted by molar-refractivity contribution is -0.113. The van der Waals surface area contributed by atoms with Gasteiger partial charge in [-0.05, 0) is 31.0 Å². The van der Waals surface area contributed by atoms with Crippen molar-refractivity contribution in [2.75, 3.05) is 24.8 Å². The minimum absolute atomic E-state index is 0.162. The number of ether oxygens (including phenoxy) is 2. The fraction of sp³-hybridized carbons (Fsp3) is 0.500. The molecular formula is C18H23ClN4O3S. The number of anilines is 1. The van der Waals surface area contributed by atoms with E-state index in [-0.39, 0.29) is 17.8 Å². The maximum Gasteiger partial charge on any atom is 0.234 e. The van der Waals surface area contributed by atoms with E-state index in [1.54, 1.807) is 25.3 Å². The summed E-state index contributed by atoms with van der Waals surface area (Å²) in [5, 5.41) is 12.6. The summed E-state index contributed by atoms with van der Waals surface area (Å²) in [5.74, 6) is 1.52. The van der Waals surface area contributed by atoms with Gasteiger partial charge in [-0.2, -0.15) is 0 Å². The highest BCUT2D eigenvalue weighted by atomic mass is 35.5. The molecule has 1 unspecified atom stereocenters. The molecule has 1 aromatic carbocycles. The van der Waals surface area contributed by atoms with Crippen molar-refractivity contribution in [3.05, 3.63) is 29.0 Å². The van der Waals surface area contributed by atoms with E-state index in [9.17, 15) is 4.79 Å². The molecule has 2 heterocycles. The molecular weight excluding hydrogens is 388 g/mol. The molecule has 1 saturated heterocycles. The van der Waals surface area contributed by atoms with E-state index < -0.39 is 0 Å². The van der Waals surface area contributed by atoms with Gasteiger partial charge in [-0.1, -0.05) is 30.3 Å². The summed E-state index contributed by atoms with van der Waals surface area (Å²) in [4.78, 5) is 12.4. The summed E-state index contributed by atoms with van der Waals surface area (Å²) < 4.78 is 13.0. The average Bonchev–Trinajstić information content (AvgIpc) is 3.30. The smallest absolute Gasteiger partial charge is 0.234 e.